The molecule has 9 heteroatoms. The third-order valence-electron chi connectivity index (χ3n) is 7.09. The lowest BCUT2D eigenvalue weighted by Gasteiger charge is -2.44. The predicted molar refractivity (Wildman–Crippen MR) is 128 cm³/mol. The number of nitrogens with one attached hydrogen (secondary N) is 1. The standard InChI is InChI=1S/C26H29N3O6/c1-33-22-8-7-18(14-23(22)34-2)29-16-17(13-24(29)31)27-25(32)28-11-9-26(10-12-28)15-20(30)19-5-3-4-6-21(19)35-26/h3-8,14,17H,9-13,15-16H2,1-2H3,(H,27,32). The van der Waals surface area contributed by atoms with E-state index in [9.17, 15) is 14.4 Å². The molecule has 0 aliphatic carbocycles. The SMILES string of the molecule is COc1ccc(N2CC(NC(=O)N3CCC4(CC3)CC(=O)c3ccccc3O4)CC2=O)cc1OC. The van der Waals surface area contributed by atoms with Crippen LogP contribution in [0, 0.1) is 0 Å². The van der Waals surface area contributed by atoms with Crippen LogP contribution in [-0.4, -0.2) is 68.1 Å². The molecule has 3 aliphatic rings. The Labute approximate surface area is 203 Å². The van der Waals surface area contributed by atoms with Crippen molar-refractivity contribution in [3.05, 3.63) is 48.0 Å². The fourth-order valence-electron chi connectivity index (χ4n) is 5.15. The number of methoxy groups -OCH3 is 2. The number of hydrogen-bond acceptors (Lipinski definition) is 6. The van der Waals surface area contributed by atoms with E-state index in [1.807, 2.05) is 18.2 Å². The number of benzene rings is 2. The number of amides is 3. The molecule has 2 aromatic rings. The summed E-state index contributed by atoms with van der Waals surface area (Å²) in [5.41, 5.74) is 0.766. The Balaban J connectivity index is 1.18. The summed E-state index contributed by atoms with van der Waals surface area (Å²) in [4.78, 5) is 41.7. The number of ether oxygens (including phenoxy) is 3. The van der Waals surface area contributed by atoms with Crippen molar-refractivity contribution in [1.29, 1.82) is 0 Å². The molecule has 2 saturated heterocycles. The van der Waals surface area contributed by atoms with E-state index in [0.29, 0.717) is 67.4 Å². The van der Waals surface area contributed by atoms with Gasteiger partial charge >= 0.3 is 6.03 Å². The van der Waals surface area contributed by atoms with Gasteiger partial charge in [-0.2, -0.15) is 0 Å². The first-order chi connectivity index (χ1) is 16.9. The molecule has 9 nitrogen and oxygen atoms in total. The van der Waals surface area contributed by atoms with Crippen LogP contribution in [0.15, 0.2) is 42.5 Å². The molecule has 2 aromatic carbocycles. The number of para-hydroxylation sites is 1. The highest BCUT2D eigenvalue weighted by molar-refractivity contribution is 6.00. The number of anilines is 1. The first kappa shape index (κ1) is 23.0. The van der Waals surface area contributed by atoms with E-state index in [0.717, 1.165) is 0 Å². The van der Waals surface area contributed by atoms with Crippen molar-refractivity contribution in [2.75, 3.05) is 38.8 Å². The zero-order chi connectivity index (χ0) is 24.6. The van der Waals surface area contributed by atoms with Crippen LogP contribution in [0.3, 0.4) is 0 Å². The highest BCUT2D eigenvalue weighted by atomic mass is 16.5. The number of piperidine rings is 1. The monoisotopic (exact) mass is 479 g/mol. The van der Waals surface area contributed by atoms with Crippen LogP contribution in [0.5, 0.6) is 17.2 Å². The Kier molecular flexibility index (Phi) is 6.00. The van der Waals surface area contributed by atoms with Crippen molar-refractivity contribution in [2.24, 2.45) is 0 Å². The number of fused-ring (bicyclic) bond motifs is 1. The van der Waals surface area contributed by atoms with Crippen molar-refractivity contribution in [3.63, 3.8) is 0 Å². The Hall–Kier alpha value is -3.75. The maximum atomic E-state index is 13.0. The molecule has 3 amide bonds. The third kappa shape index (κ3) is 4.38. The van der Waals surface area contributed by atoms with Crippen LogP contribution >= 0.6 is 0 Å². The number of carbonyl (C=O) groups is 3. The van der Waals surface area contributed by atoms with E-state index in [1.165, 1.54) is 0 Å². The Morgan fingerprint density at radius 3 is 2.54 bits per heavy atom. The molecule has 0 bridgehead atoms. The maximum absolute atomic E-state index is 13.0. The number of nitrogens with zero attached hydrogens (tertiary/aromatic N) is 2. The fourth-order valence-corrected chi connectivity index (χ4v) is 5.15. The van der Waals surface area contributed by atoms with Crippen LogP contribution in [0.25, 0.3) is 0 Å². The van der Waals surface area contributed by atoms with Crippen LogP contribution in [0.1, 0.15) is 36.0 Å². The number of urea groups is 1. The van der Waals surface area contributed by atoms with Crippen LogP contribution in [0.2, 0.25) is 0 Å². The molecule has 2 fully saturated rings. The van der Waals surface area contributed by atoms with Gasteiger partial charge in [0, 0.05) is 50.7 Å². The summed E-state index contributed by atoms with van der Waals surface area (Å²) in [6, 6.07) is 12.1. The van der Waals surface area contributed by atoms with Gasteiger partial charge in [0.15, 0.2) is 17.3 Å². The molecule has 3 aliphatic heterocycles. The predicted octanol–water partition coefficient (Wildman–Crippen LogP) is 3.02. The summed E-state index contributed by atoms with van der Waals surface area (Å²) in [7, 11) is 3.11. The highest BCUT2D eigenvalue weighted by Gasteiger charge is 2.44. The largest absolute Gasteiger partial charge is 0.493 e. The zero-order valence-electron chi connectivity index (χ0n) is 19.9. The molecular weight excluding hydrogens is 450 g/mol. The minimum atomic E-state index is -0.560. The van der Waals surface area contributed by atoms with Crippen molar-refractivity contribution in [3.8, 4) is 17.2 Å². The summed E-state index contributed by atoms with van der Waals surface area (Å²) < 4.78 is 16.9. The summed E-state index contributed by atoms with van der Waals surface area (Å²) in [6.45, 7) is 1.36. The zero-order valence-corrected chi connectivity index (χ0v) is 19.9. The highest BCUT2D eigenvalue weighted by Crippen LogP contribution is 2.39. The van der Waals surface area contributed by atoms with Crippen molar-refractivity contribution in [2.45, 2.75) is 37.3 Å². The molecule has 3 heterocycles. The van der Waals surface area contributed by atoms with Gasteiger partial charge in [-0.25, -0.2) is 4.79 Å². The second-order valence-corrected chi connectivity index (χ2v) is 9.26. The van der Waals surface area contributed by atoms with E-state index in [2.05, 4.69) is 5.32 Å². The number of carbonyl (C=O) groups excluding carboxylic acids is 3. The summed E-state index contributed by atoms with van der Waals surface area (Å²) in [6.07, 6.45) is 1.73. The molecule has 1 atom stereocenters. The van der Waals surface area contributed by atoms with Crippen molar-refractivity contribution < 1.29 is 28.6 Å². The molecule has 184 valence electrons. The second-order valence-electron chi connectivity index (χ2n) is 9.26. The van der Waals surface area contributed by atoms with Gasteiger partial charge in [0.25, 0.3) is 0 Å². The van der Waals surface area contributed by atoms with Crippen LogP contribution in [0.4, 0.5) is 10.5 Å². The molecule has 1 unspecified atom stereocenters. The average Bonchev–Trinajstić information content (AvgIpc) is 3.23. The van der Waals surface area contributed by atoms with Gasteiger partial charge in [0.1, 0.15) is 11.4 Å². The second kappa shape index (κ2) is 9.13. The van der Waals surface area contributed by atoms with E-state index >= 15 is 0 Å². The van der Waals surface area contributed by atoms with Crippen LogP contribution < -0.4 is 24.4 Å². The molecule has 5 rings (SSSR count). The topological polar surface area (TPSA) is 97.4 Å². The summed E-state index contributed by atoms with van der Waals surface area (Å²) in [5, 5.41) is 3.01. The van der Waals surface area contributed by atoms with Crippen molar-refractivity contribution in [1.82, 2.24) is 10.2 Å². The minimum absolute atomic E-state index is 0.0621. The molecule has 1 spiro atoms. The lowest BCUT2D eigenvalue weighted by atomic mass is 9.82. The molecule has 0 saturated carbocycles. The van der Waals surface area contributed by atoms with Crippen molar-refractivity contribution >= 4 is 23.4 Å². The smallest absolute Gasteiger partial charge is 0.317 e. The molecule has 1 N–H and O–H groups in total. The number of Topliss-reactive ketones (excluding diaryl/α,β-unsaturated/α-hetero) is 1. The number of hydrogen-bond donors (Lipinski definition) is 1. The number of likely N-dealkylation sites (tertiary alicyclic amines) is 1. The first-order valence-corrected chi connectivity index (χ1v) is 11.8. The van der Waals surface area contributed by atoms with Gasteiger partial charge in [-0.05, 0) is 24.3 Å². The fraction of sp³-hybridized carbons (Fsp3) is 0.423. The van der Waals surface area contributed by atoms with Gasteiger partial charge in [0.2, 0.25) is 5.91 Å². The third-order valence-corrected chi connectivity index (χ3v) is 7.09. The van der Waals surface area contributed by atoms with Gasteiger partial charge in [-0.15, -0.1) is 0 Å². The first-order valence-electron chi connectivity index (χ1n) is 11.8. The summed E-state index contributed by atoms with van der Waals surface area (Å²) >= 11 is 0. The normalized spacial score (nSPS) is 20.9. The molecule has 0 radical (unpaired) electrons. The lowest BCUT2D eigenvalue weighted by molar-refractivity contribution is -0.117. The molecule has 0 aromatic heterocycles. The molecule has 35 heavy (non-hydrogen) atoms. The summed E-state index contributed by atoms with van der Waals surface area (Å²) in [5.74, 6) is 1.78. The van der Waals surface area contributed by atoms with E-state index in [1.54, 1.807) is 48.3 Å². The molecular formula is C26H29N3O6. The van der Waals surface area contributed by atoms with Gasteiger partial charge < -0.3 is 29.3 Å². The Morgan fingerprint density at radius 2 is 1.80 bits per heavy atom. The van der Waals surface area contributed by atoms with E-state index in [4.69, 9.17) is 14.2 Å². The minimum Gasteiger partial charge on any atom is -0.493 e. The van der Waals surface area contributed by atoms with Gasteiger partial charge in [0.05, 0.1) is 32.2 Å². The van der Waals surface area contributed by atoms with E-state index < -0.39 is 5.60 Å². The average molecular weight is 480 g/mol. The van der Waals surface area contributed by atoms with Gasteiger partial charge in [-0.3, -0.25) is 9.59 Å². The van der Waals surface area contributed by atoms with E-state index in [-0.39, 0.29) is 30.2 Å². The maximum Gasteiger partial charge on any atom is 0.317 e. The lowest BCUT2D eigenvalue weighted by Crippen LogP contribution is -2.55. The number of ketones is 1. The number of rotatable bonds is 4. The Morgan fingerprint density at radius 1 is 1.06 bits per heavy atom. The quantitative estimate of drug-likeness (QED) is 0.724. The Bertz CT molecular complexity index is 1160. The van der Waals surface area contributed by atoms with Crippen LogP contribution in [-0.2, 0) is 4.79 Å². The van der Waals surface area contributed by atoms with Gasteiger partial charge in [-0.1, -0.05) is 12.1 Å².